The second-order valence-electron chi connectivity index (χ2n) is 3.92. The van der Waals surface area contributed by atoms with Gasteiger partial charge in [0.25, 0.3) is 5.91 Å². The van der Waals surface area contributed by atoms with Gasteiger partial charge in [0.05, 0.1) is 11.3 Å². The lowest BCUT2D eigenvalue weighted by molar-refractivity contribution is 0.0953. The lowest BCUT2D eigenvalue weighted by atomic mass is 10.1. The molecule has 0 aromatic carbocycles. The quantitative estimate of drug-likeness (QED) is 0.893. The molecule has 2 heterocycles. The maximum absolute atomic E-state index is 11.7. The van der Waals surface area contributed by atoms with E-state index in [-0.39, 0.29) is 5.91 Å². The Morgan fingerprint density at radius 3 is 2.61 bits per heavy atom. The van der Waals surface area contributed by atoms with E-state index in [1.165, 1.54) is 0 Å². The Bertz CT molecular complexity index is 508. The molecule has 4 nitrogen and oxygen atoms in total. The van der Waals surface area contributed by atoms with Crippen molar-refractivity contribution < 1.29 is 4.79 Å². The number of hydrogen-bond donors (Lipinski definition) is 1. The summed E-state index contributed by atoms with van der Waals surface area (Å²) in [5, 5.41) is 2.82. The average Bonchev–Trinajstić information content (AvgIpc) is 2.46. The number of carbonyl (C=O) groups is 1. The van der Waals surface area contributed by atoms with Gasteiger partial charge in [-0.2, -0.15) is 0 Å². The molecule has 0 aliphatic heterocycles. The Hall–Kier alpha value is -2.23. The number of nitrogens with zero attached hydrogens (tertiary/aromatic N) is 2. The Morgan fingerprint density at radius 1 is 1.22 bits per heavy atom. The molecule has 0 bridgehead atoms. The Morgan fingerprint density at radius 2 is 2.00 bits per heavy atom. The molecule has 0 aliphatic rings. The van der Waals surface area contributed by atoms with E-state index < -0.39 is 0 Å². The van der Waals surface area contributed by atoms with E-state index in [4.69, 9.17) is 0 Å². The predicted molar refractivity (Wildman–Crippen MR) is 70.1 cm³/mol. The molecular weight excluding hydrogens is 226 g/mol. The van der Waals surface area contributed by atoms with Gasteiger partial charge in [-0.3, -0.25) is 14.8 Å². The molecule has 0 radical (unpaired) electrons. The van der Waals surface area contributed by atoms with Gasteiger partial charge in [0.2, 0.25) is 0 Å². The third-order valence-electron chi connectivity index (χ3n) is 2.54. The smallest absolute Gasteiger partial charge is 0.252 e. The summed E-state index contributed by atoms with van der Waals surface area (Å²) >= 11 is 0. The number of rotatable bonds is 4. The third-order valence-corrected chi connectivity index (χ3v) is 2.54. The van der Waals surface area contributed by atoms with E-state index in [1.54, 1.807) is 24.7 Å². The van der Waals surface area contributed by atoms with Crippen molar-refractivity contribution in [3.63, 3.8) is 0 Å². The fourth-order valence-corrected chi connectivity index (χ4v) is 1.56. The van der Waals surface area contributed by atoms with Crippen LogP contribution in [-0.2, 0) is 0 Å². The minimum Gasteiger partial charge on any atom is -0.352 e. The molecule has 0 atom stereocenters. The number of hydrogen-bond acceptors (Lipinski definition) is 3. The Kier molecular flexibility index (Phi) is 4.02. The number of amides is 1. The van der Waals surface area contributed by atoms with Crippen molar-refractivity contribution in [2.24, 2.45) is 0 Å². The van der Waals surface area contributed by atoms with E-state index in [2.05, 4.69) is 15.3 Å². The van der Waals surface area contributed by atoms with Crippen molar-refractivity contribution in [1.82, 2.24) is 15.3 Å². The van der Waals surface area contributed by atoms with Crippen LogP contribution in [0.3, 0.4) is 0 Å². The van der Waals surface area contributed by atoms with Gasteiger partial charge in [0.1, 0.15) is 0 Å². The van der Waals surface area contributed by atoms with Gasteiger partial charge in [-0.05, 0) is 30.7 Å². The molecular formula is C14H15N3O. The second-order valence-corrected chi connectivity index (χ2v) is 3.92. The van der Waals surface area contributed by atoms with Crippen LogP contribution in [0.25, 0.3) is 11.3 Å². The van der Waals surface area contributed by atoms with Gasteiger partial charge in [-0.25, -0.2) is 0 Å². The summed E-state index contributed by atoms with van der Waals surface area (Å²) in [5.41, 5.74) is 2.41. The van der Waals surface area contributed by atoms with Crippen molar-refractivity contribution >= 4 is 5.91 Å². The summed E-state index contributed by atoms with van der Waals surface area (Å²) in [6.45, 7) is 2.70. The molecule has 4 heteroatoms. The number of pyridine rings is 2. The van der Waals surface area contributed by atoms with Crippen LogP contribution < -0.4 is 5.32 Å². The first-order valence-electron chi connectivity index (χ1n) is 5.96. The molecule has 92 valence electrons. The molecule has 0 aliphatic carbocycles. The Balaban J connectivity index is 2.13. The molecule has 0 unspecified atom stereocenters. The van der Waals surface area contributed by atoms with Crippen LogP contribution in [0.2, 0.25) is 0 Å². The maximum atomic E-state index is 11.7. The van der Waals surface area contributed by atoms with Crippen molar-refractivity contribution in [2.45, 2.75) is 13.3 Å². The molecule has 0 fully saturated rings. The topological polar surface area (TPSA) is 54.9 Å². The lowest BCUT2D eigenvalue weighted by Crippen LogP contribution is -2.23. The number of nitrogens with one attached hydrogen (secondary N) is 1. The second kappa shape index (κ2) is 5.91. The van der Waals surface area contributed by atoms with Crippen LogP contribution >= 0.6 is 0 Å². The highest BCUT2D eigenvalue weighted by atomic mass is 16.1. The third kappa shape index (κ3) is 2.91. The summed E-state index contributed by atoms with van der Waals surface area (Å²) in [5.74, 6) is -0.0781. The van der Waals surface area contributed by atoms with Crippen molar-refractivity contribution in [3.8, 4) is 11.3 Å². The molecule has 0 saturated carbocycles. The molecule has 2 aromatic heterocycles. The van der Waals surface area contributed by atoms with Crippen LogP contribution in [0.15, 0.2) is 42.9 Å². The average molecular weight is 241 g/mol. The summed E-state index contributed by atoms with van der Waals surface area (Å²) in [7, 11) is 0. The van der Waals surface area contributed by atoms with Gasteiger partial charge >= 0.3 is 0 Å². The molecule has 2 aromatic rings. The fourth-order valence-electron chi connectivity index (χ4n) is 1.56. The molecule has 2 rings (SSSR count). The van der Waals surface area contributed by atoms with Crippen LogP contribution in [0.5, 0.6) is 0 Å². The van der Waals surface area contributed by atoms with Gasteiger partial charge in [0, 0.05) is 30.7 Å². The van der Waals surface area contributed by atoms with Crippen molar-refractivity contribution in [3.05, 3.63) is 48.4 Å². The molecule has 0 saturated heterocycles. The summed E-state index contributed by atoms with van der Waals surface area (Å²) < 4.78 is 0. The van der Waals surface area contributed by atoms with E-state index in [9.17, 15) is 4.79 Å². The van der Waals surface area contributed by atoms with Crippen LogP contribution in [0, 0.1) is 0 Å². The molecule has 1 N–H and O–H groups in total. The monoisotopic (exact) mass is 241 g/mol. The van der Waals surface area contributed by atoms with Crippen molar-refractivity contribution in [2.75, 3.05) is 6.54 Å². The van der Waals surface area contributed by atoms with Gasteiger partial charge < -0.3 is 5.32 Å². The largest absolute Gasteiger partial charge is 0.352 e. The summed E-state index contributed by atoms with van der Waals surface area (Å²) in [6.07, 6.45) is 5.97. The van der Waals surface area contributed by atoms with Gasteiger partial charge in [-0.1, -0.05) is 6.92 Å². The molecule has 18 heavy (non-hydrogen) atoms. The zero-order valence-corrected chi connectivity index (χ0v) is 10.3. The van der Waals surface area contributed by atoms with Crippen LogP contribution in [0.4, 0.5) is 0 Å². The SMILES string of the molecule is CCCNC(=O)c1ccc(-c2ccncc2)nc1. The first-order chi connectivity index (χ1) is 8.81. The highest BCUT2D eigenvalue weighted by molar-refractivity contribution is 5.94. The van der Waals surface area contributed by atoms with E-state index in [0.29, 0.717) is 12.1 Å². The lowest BCUT2D eigenvalue weighted by Gasteiger charge is -2.04. The van der Waals surface area contributed by atoms with Crippen LogP contribution in [0.1, 0.15) is 23.7 Å². The normalized spacial score (nSPS) is 10.1. The highest BCUT2D eigenvalue weighted by Crippen LogP contribution is 2.15. The highest BCUT2D eigenvalue weighted by Gasteiger charge is 2.05. The summed E-state index contributed by atoms with van der Waals surface area (Å²) in [6, 6.07) is 7.41. The predicted octanol–water partition coefficient (Wildman–Crippen LogP) is 2.28. The van der Waals surface area contributed by atoms with Crippen molar-refractivity contribution in [1.29, 1.82) is 0 Å². The number of carbonyl (C=O) groups excluding carboxylic acids is 1. The molecule has 1 amide bonds. The van der Waals surface area contributed by atoms with Crippen LogP contribution in [-0.4, -0.2) is 22.4 Å². The summed E-state index contributed by atoms with van der Waals surface area (Å²) in [4.78, 5) is 19.9. The minimum atomic E-state index is -0.0781. The van der Waals surface area contributed by atoms with E-state index >= 15 is 0 Å². The first kappa shape index (κ1) is 12.2. The maximum Gasteiger partial charge on any atom is 0.252 e. The van der Waals surface area contributed by atoms with Gasteiger partial charge in [0.15, 0.2) is 0 Å². The first-order valence-corrected chi connectivity index (χ1v) is 5.96. The standard InChI is InChI=1S/C14H15N3O/c1-2-7-16-14(18)12-3-4-13(17-10-12)11-5-8-15-9-6-11/h3-6,8-10H,2,7H2,1H3,(H,16,18). The van der Waals surface area contributed by atoms with Gasteiger partial charge in [-0.15, -0.1) is 0 Å². The van der Waals surface area contributed by atoms with E-state index in [1.807, 2.05) is 25.1 Å². The van der Waals surface area contributed by atoms with E-state index in [0.717, 1.165) is 17.7 Å². The zero-order valence-electron chi connectivity index (χ0n) is 10.3. The number of aromatic nitrogens is 2. The Labute approximate surface area is 106 Å². The minimum absolute atomic E-state index is 0.0781. The zero-order chi connectivity index (χ0) is 12.8. The fraction of sp³-hybridized carbons (Fsp3) is 0.214. The molecule has 0 spiro atoms.